The Hall–Kier alpha value is -1.52. The number of fused-ring (bicyclic) bond motifs is 1. The number of thiophene rings is 1. The molecular weight excluding hydrogens is 254 g/mol. The van der Waals surface area contributed by atoms with Gasteiger partial charge in [-0.1, -0.05) is 17.7 Å². The number of anilines is 1. The number of imidazole rings is 1. The van der Waals surface area contributed by atoms with Crippen LogP contribution in [0, 0.1) is 0 Å². The normalized spacial score (nSPS) is 10.9. The van der Waals surface area contributed by atoms with Crippen molar-refractivity contribution in [3.05, 3.63) is 51.9 Å². The summed E-state index contributed by atoms with van der Waals surface area (Å²) in [7, 11) is 0. The number of nitrogens with zero attached hydrogens (tertiary/aromatic N) is 2. The second-order valence-corrected chi connectivity index (χ2v) is 5.43. The fourth-order valence-electron chi connectivity index (χ4n) is 1.72. The fourth-order valence-corrected chi connectivity index (χ4v) is 2.74. The zero-order chi connectivity index (χ0) is 11.7. The number of aromatic nitrogens is 2. The molecule has 0 aliphatic rings. The molecule has 0 unspecified atom stereocenters. The first kappa shape index (κ1) is 10.6. The predicted molar refractivity (Wildman–Crippen MR) is 71.8 cm³/mol. The lowest BCUT2D eigenvalue weighted by atomic mass is 10.4. The van der Waals surface area contributed by atoms with Crippen molar-refractivity contribution in [3.63, 3.8) is 0 Å². The molecule has 1 N–H and O–H groups in total. The SMILES string of the molecule is Clc1ccc(CNc2cccc3nccn23)s1. The van der Waals surface area contributed by atoms with E-state index >= 15 is 0 Å². The van der Waals surface area contributed by atoms with Gasteiger partial charge in [0.25, 0.3) is 0 Å². The maximum atomic E-state index is 5.90. The first-order chi connectivity index (χ1) is 8.33. The van der Waals surface area contributed by atoms with Crippen LogP contribution in [0.15, 0.2) is 42.7 Å². The van der Waals surface area contributed by atoms with Gasteiger partial charge in [0.2, 0.25) is 0 Å². The average molecular weight is 264 g/mol. The molecule has 0 aromatic carbocycles. The summed E-state index contributed by atoms with van der Waals surface area (Å²) in [6, 6.07) is 9.96. The number of nitrogens with one attached hydrogen (secondary N) is 1. The highest BCUT2D eigenvalue weighted by Gasteiger charge is 2.01. The van der Waals surface area contributed by atoms with Crippen LogP contribution in [0.2, 0.25) is 4.34 Å². The van der Waals surface area contributed by atoms with Crippen LogP contribution in [0.5, 0.6) is 0 Å². The van der Waals surface area contributed by atoms with Crippen molar-refractivity contribution in [2.45, 2.75) is 6.54 Å². The van der Waals surface area contributed by atoms with Gasteiger partial charge in [-0.05, 0) is 24.3 Å². The molecule has 0 amide bonds. The van der Waals surface area contributed by atoms with Crippen molar-refractivity contribution in [2.75, 3.05) is 5.32 Å². The Kier molecular flexibility index (Phi) is 2.74. The molecule has 17 heavy (non-hydrogen) atoms. The summed E-state index contributed by atoms with van der Waals surface area (Å²) in [6.07, 6.45) is 3.74. The Morgan fingerprint density at radius 1 is 1.29 bits per heavy atom. The molecule has 0 aliphatic carbocycles. The van der Waals surface area contributed by atoms with Crippen LogP contribution in [-0.2, 0) is 6.54 Å². The Bertz CT molecular complexity index is 644. The molecule has 0 saturated heterocycles. The molecule has 0 saturated carbocycles. The molecule has 0 spiro atoms. The minimum Gasteiger partial charge on any atom is -0.366 e. The van der Waals surface area contributed by atoms with E-state index in [0.717, 1.165) is 22.3 Å². The molecule has 3 aromatic rings. The molecule has 3 rings (SSSR count). The predicted octanol–water partition coefficient (Wildman–Crippen LogP) is 3.66. The fraction of sp³-hybridized carbons (Fsp3) is 0.0833. The van der Waals surface area contributed by atoms with Crippen LogP contribution in [-0.4, -0.2) is 9.38 Å². The molecule has 0 aliphatic heterocycles. The Morgan fingerprint density at radius 3 is 3.06 bits per heavy atom. The highest BCUT2D eigenvalue weighted by atomic mass is 35.5. The zero-order valence-electron chi connectivity index (χ0n) is 8.93. The van der Waals surface area contributed by atoms with Crippen LogP contribution >= 0.6 is 22.9 Å². The Labute approximate surface area is 108 Å². The van der Waals surface area contributed by atoms with Crippen molar-refractivity contribution in [3.8, 4) is 0 Å². The van der Waals surface area contributed by atoms with Gasteiger partial charge in [-0.25, -0.2) is 4.98 Å². The van der Waals surface area contributed by atoms with Gasteiger partial charge in [0, 0.05) is 17.3 Å². The first-order valence-corrected chi connectivity index (χ1v) is 6.42. The number of halogens is 1. The summed E-state index contributed by atoms with van der Waals surface area (Å²) in [5, 5.41) is 3.38. The van der Waals surface area contributed by atoms with E-state index < -0.39 is 0 Å². The molecule has 3 heterocycles. The van der Waals surface area contributed by atoms with Crippen LogP contribution in [0.3, 0.4) is 0 Å². The maximum Gasteiger partial charge on any atom is 0.138 e. The van der Waals surface area contributed by atoms with Crippen molar-refractivity contribution in [1.29, 1.82) is 0 Å². The van der Waals surface area contributed by atoms with Crippen molar-refractivity contribution in [1.82, 2.24) is 9.38 Å². The molecule has 3 nitrogen and oxygen atoms in total. The van der Waals surface area contributed by atoms with Gasteiger partial charge in [-0.15, -0.1) is 11.3 Å². The van der Waals surface area contributed by atoms with Gasteiger partial charge in [0.05, 0.1) is 10.9 Å². The van der Waals surface area contributed by atoms with E-state index in [1.165, 1.54) is 4.88 Å². The largest absolute Gasteiger partial charge is 0.366 e. The smallest absolute Gasteiger partial charge is 0.138 e. The topological polar surface area (TPSA) is 29.3 Å². The number of hydrogen-bond donors (Lipinski definition) is 1. The van der Waals surface area contributed by atoms with Crippen LogP contribution in [0.25, 0.3) is 5.65 Å². The van der Waals surface area contributed by atoms with E-state index in [1.807, 2.05) is 40.9 Å². The third kappa shape index (κ3) is 2.14. The van der Waals surface area contributed by atoms with Gasteiger partial charge in [0.1, 0.15) is 11.5 Å². The molecule has 86 valence electrons. The number of rotatable bonds is 3. The lowest BCUT2D eigenvalue weighted by Crippen LogP contribution is -2.02. The molecule has 3 aromatic heterocycles. The summed E-state index contributed by atoms with van der Waals surface area (Å²) in [5.74, 6) is 1.03. The highest BCUT2D eigenvalue weighted by Crippen LogP contribution is 2.22. The van der Waals surface area contributed by atoms with Gasteiger partial charge in [-0.3, -0.25) is 4.40 Å². The van der Waals surface area contributed by atoms with E-state index in [2.05, 4.69) is 10.3 Å². The lowest BCUT2D eigenvalue weighted by molar-refractivity contribution is 1.09. The molecule has 5 heteroatoms. The van der Waals surface area contributed by atoms with Crippen molar-refractivity contribution >= 4 is 34.4 Å². The summed E-state index contributed by atoms with van der Waals surface area (Å²) >= 11 is 7.49. The first-order valence-electron chi connectivity index (χ1n) is 5.23. The van der Waals surface area contributed by atoms with Crippen molar-refractivity contribution < 1.29 is 0 Å². The van der Waals surface area contributed by atoms with Crippen molar-refractivity contribution in [2.24, 2.45) is 0 Å². The quantitative estimate of drug-likeness (QED) is 0.781. The number of hydrogen-bond acceptors (Lipinski definition) is 3. The van der Waals surface area contributed by atoms with E-state index in [1.54, 1.807) is 17.5 Å². The highest BCUT2D eigenvalue weighted by molar-refractivity contribution is 7.16. The Balaban J connectivity index is 1.83. The molecule has 0 radical (unpaired) electrons. The van der Waals surface area contributed by atoms with Gasteiger partial charge in [-0.2, -0.15) is 0 Å². The average Bonchev–Trinajstić information content (AvgIpc) is 2.94. The second-order valence-electron chi connectivity index (χ2n) is 3.63. The van der Waals surface area contributed by atoms with Crippen LogP contribution < -0.4 is 5.32 Å². The maximum absolute atomic E-state index is 5.90. The minimum atomic E-state index is 0.773. The third-order valence-electron chi connectivity index (χ3n) is 2.50. The standard InChI is InChI=1S/C12H10ClN3S/c13-10-5-4-9(17-10)8-15-12-3-1-2-11-14-6-7-16(11)12/h1-7,15H,8H2. The summed E-state index contributed by atoms with van der Waals surface area (Å²) < 4.78 is 2.84. The second kappa shape index (κ2) is 4.39. The monoisotopic (exact) mass is 263 g/mol. The molecule has 0 fully saturated rings. The summed E-state index contributed by atoms with van der Waals surface area (Å²) in [5.41, 5.74) is 0.944. The summed E-state index contributed by atoms with van der Waals surface area (Å²) in [6.45, 7) is 0.773. The van der Waals surface area contributed by atoms with E-state index in [-0.39, 0.29) is 0 Å². The van der Waals surface area contributed by atoms with Gasteiger partial charge >= 0.3 is 0 Å². The molecule has 0 bridgehead atoms. The molecule has 0 atom stereocenters. The van der Waals surface area contributed by atoms with Gasteiger partial charge < -0.3 is 5.32 Å². The Morgan fingerprint density at radius 2 is 2.24 bits per heavy atom. The molecular formula is C12H10ClN3S. The lowest BCUT2D eigenvalue weighted by Gasteiger charge is -2.07. The van der Waals surface area contributed by atoms with Crippen LogP contribution in [0.4, 0.5) is 5.82 Å². The summed E-state index contributed by atoms with van der Waals surface area (Å²) in [4.78, 5) is 5.46. The van der Waals surface area contributed by atoms with E-state index in [9.17, 15) is 0 Å². The van der Waals surface area contributed by atoms with E-state index in [0.29, 0.717) is 0 Å². The van der Waals surface area contributed by atoms with Gasteiger partial charge in [0.15, 0.2) is 0 Å². The van der Waals surface area contributed by atoms with E-state index in [4.69, 9.17) is 11.6 Å². The van der Waals surface area contributed by atoms with Crippen LogP contribution in [0.1, 0.15) is 4.88 Å². The zero-order valence-corrected chi connectivity index (χ0v) is 10.5. The minimum absolute atomic E-state index is 0.773. The number of pyridine rings is 1. The third-order valence-corrected chi connectivity index (χ3v) is 3.73.